The Balaban J connectivity index is 1.54. The second-order valence-electron chi connectivity index (χ2n) is 5.72. The van der Waals surface area contributed by atoms with Crippen molar-refractivity contribution in [2.75, 3.05) is 18.0 Å². The predicted octanol–water partition coefficient (Wildman–Crippen LogP) is 3.38. The van der Waals surface area contributed by atoms with Crippen molar-refractivity contribution in [3.8, 4) is 0 Å². The molecule has 5 heteroatoms. The maximum atomic E-state index is 11.9. The summed E-state index contributed by atoms with van der Waals surface area (Å²) in [6, 6.07) is 8.10. The van der Waals surface area contributed by atoms with Crippen molar-refractivity contribution in [3.05, 3.63) is 51.9 Å². The first kappa shape index (κ1) is 15.7. The van der Waals surface area contributed by atoms with E-state index in [1.54, 1.807) is 17.4 Å². The van der Waals surface area contributed by atoms with Gasteiger partial charge in [0.05, 0.1) is 0 Å². The van der Waals surface area contributed by atoms with E-state index in [9.17, 15) is 4.79 Å². The molecule has 1 saturated heterocycles. The van der Waals surface area contributed by atoms with E-state index in [0.29, 0.717) is 6.54 Å². The third kappa shape index (κ3) is 4.42. The Kier molecular flexibility index (Phi) is 5.08. The van der Waals surface area contributed by atoms with Crippen LogP contribution in [0.15, 0.2) is 36.5 Å². The van der Waals surface area contributed by atoms with Crippen molar-refractivity contribution < 1.29 is 4.79 Å². The molecule has 2 aromatic heterocycles. The van der Waals surface area contributed by atoms with Gasteiger partial charge in [0.1, 0.15) is 5.82 Å². The van der Waals surface area contributed by atoms with Crippen LogP contribution in [-0.4, -0.2) is 24.0 Å². The molecule has 1 amide bonds. The van der Waals surface area contributed by atoms with Crippen molar-refractivity contribution in [1.29, 1.82) is 0 Å². The van der Waals surface area contributed by atoms with Crippen LogP contribution in [0.1, 0.15) is 28.2 Å². The van der Waals surface area contributed by atoms with Crippen LogP contribution in [0, 0.1) is 6.92 Å². The molecule has 23 heavy (non-hydrogen) atoms. The van der Waals surface area contributed by atoms with Crippen LogP contribution in [0.3, 0.4) is 0 Å². The highest BCUT2D eigenvalue weighted by Crippen LogP contribution is 2.18. The molecule has 0 saturated carbocycles. The van der Waals surface area contributed by atoms with Gasteiger partial charge in [-0.15, -0.1) is 11.3 Å². The van der Waals surface area contributed by atoms with Crippen molar-refractivity contribution in [1.82, 2.24) is 10.3 Å². The molecule has 3 rings (SSSR count). The van der Waals surface area contributed by atoms with Crippen LogP contribution >= 0.6 is 11.3 Å². The minimum atomic E-state index is -0.0735. The predicted molar refractivity (Wildman–Crippen MR) is 95.6 cm³/mol. The van der Waals surface area contributed by atoms with Gasteiger partial charge in [0.25, 0.3) is 0 Å². The third-order valence-corrected chi connectivity index (χ3v) is 4.83. The molecule has 0 aliphatic carbocycles. The number of hydrogen-bond donors (Lipinski definition) is 1. The van der Waals surface area contributed by atoms with Crippen LogP contribution in [0.4, 0.5) is 5.82 Å². The second kappa shape index (κ2) is 7.42. The number of rotatable bonds is 5. The molecule has 1 N–H and O–H groups in total. The molecule has 1 fully saturated rings. The van der Waals surface area contributed by atoms with Crippen LogP contribution in [0.2, 0.25) is 0 Å². The average Bonchev–Trinajstić information content (AvgIpc) is 3.23. The van der Waals surface area contributed by atoms with Gasteiger partial charge in [0, 0.05) is 41.7 Å². The van der Waals surface area contributed by atoms with Crippen molar-refractivity contribution in [2.24, 2.45) is 0 Å². The molecule has 2 aromatic rings. The minimum Gasteiger partial charge on any atom is -0.357 e. The van der Waals surface area contributed by atoms with Crippen LogP contribution in [-0.2, 0) is 11.3 Å². The van der Waals surface area contributed by atoms with Gasteiger partial charge >= 0.3 is 0 Å². The van der Waals surface area contributed by atoms with Gasteiger partial charge in [0.15, 0.2) is 0 Å². The average molecular weight is 327 g/mol. The summed E-state index contributed by atoms with van der Waals surface area (Å²) in [4.78, 5) is 21.0. The number of nitrogens with one attached hydrogen (secondary N) is 1. The van der Waals surface area contributed by atoms with E-state index in [1.165, 1.54) is 17.7 Å². The van der Waals surface area contributed by atoms with Crippen molar-refractivity contribution in [3.63, 3.8) is 0 Å². The van der Waals surface area contributed by atoms with E-state index in [2.05, 4.69) is 34.3 Å². The van der Waals surface area contributed by atoms with Gasteiger partial charge in [-0.25, -0.2) is 4.98 Å². The molecule has 0 radical (unpaired) electrons. The summed E-state index contributed by atoms with van der Waals surface area (Å²) in [6.07, 6.45) is 7.73. The van der Waals surface area contributed by atoms with Gasteiger partial charge in [0.2, 0.25) is 5.91 Å². The number of carbonyl (C=O) groups is 1. The molecule has 1 aliphatic heterocycles. The monoisotopic (exact) mass is 327 g/mol. The first-order valence-corrected chi connectivity index (χ1v) is 8.74. The van der Waals surface area contributed by atoms with E-state index in [1.807, 2.05) is 24.4 Å². The summed E-state index contributed by atoms with van der Waals surface area (Å²) in [6.45, 7) is 4.73. The lowest BCUT2D eigenvalue weighted by Crippen LogP contribution is -2.22. The molecule has 0 spiro atoms. The Labute approximate surface area is 140 Å². The van der Waals surface area contributed by atoms with Crippen LogP contribution in [0.25, 0.3) is 6.08 Å². The Morgan fingerprint density at radius 2 is 2.17 bits per heavy atom. The van der Waals surface area contributed by atoms with Gasteiger partial charge in [-0.2, -0.15) is 0 Å². The van der Waals surface area contributed by atoms with Gasteiger partial charge in [-0.3, -0.25) is 4.79 Å². The Morgan fingerprint density at radius 1 is 1.35 bits per heavy atom. The number of amides is 1. The molecular weight excluding hydrogens is 306 g/mol. The minimum absolute atomic E-state index is 0.0735. The van der Waals surface area contributed by atoms with Crippen LogP contribution < -0.4 is 10.2 Å². The third-order valence-electron chi connectivity index (χ3n) is 3.87. The molecule has 3 heterocycles. The fraction of sp³-hybridized carbons (Fsp3) is 0.333. The molecule has 1 aliphatic rings. The summed E-state index contributed by atoms with van der Waals surface area (Å²) in [7, 11) is 0. The van der Waals surface area contributed by atoms with Gasteiger partial charge in [-0.05, 0) is 55.7 Å². The lowest BCUT2D eigenvalue weighted by molar-refractivity contribution is -0.116. The zero-order valence-electron chi connectivity index (χ0n) is 13.3. The fourth-order valence-corrected chi connectivity index (χ4v) is 3.42. The number of anilines is 1. The Hall–Kier alpha value is -2.14. The summed E-state index contributed by atoms with van der Waals surface area (Å²) < 4.78 is 0. The number of thiophene rings is 1. The van der Waals surface area contributed by atoms with Gasteiger partial charge < -0.3 is 10.2 Å². The second-order valence-corrected chi connectivity index (χ2v) is 7.04. The highest BCUT2D eigenvalue weighted by molar-refractivity contribution is 7.12. The smallest absolute Gasteiger partial charge is 0.244 e. The normalized spacial score (nSPS) is 14.6. The molecule has 4 nitrogen and oxygen atoms in total. The van der Waals surface area contributed by atoms with Crippen molar-refractivity contribution in [2.45, 2.75) is 26.3 Å². The highest BCUT2D eigenvalue weighted by Gasteiger charge is 2.13. The standard InChI is InChI=1S/C18H21N3OS/c1-14-4-5-16(23-14)6-7-18(22)20-13-15-8-9-19-17(12-15)21-10-2-3-11-21/h4-9,12H,2-3,10-11,13H2,1H3,(H,20,22)/b7-6-. The van der Waals surface area contributed by atoms with E-state index in [4.69, 9.17) is 0 Å². The summed E-state index contributed by atoms with van der Waals surface area (Å²) in [5, 5.41) is 2.93. The Bertz CT molecular complexity index is 702. The molecule has 120 valence electrons. The molecule has 0 bridgehead atoms. The number of hydrogen-bond acceptors (Lipinski definition) is 4. The first-order chi connectivity index (χ1) is 11.2. The quantitative estimate of drug-likeness (QED) is 0.856. The molecule has 0 unspecified atom stereocenters. The van der Waals surface area contributed by atoms with E-state index >= 15 is 0 Å². The number of nitrogens with zero attached hydrogens (tertiary/aromatic N) is 2. The van der Waals surface area contributed by atoms with Crippen molar-refractivity contribution >= 4 is 29.1 Å². The van der Waals surface area contributed by atoms with E-state index in [-0.39, 0.29) is 5.91 Å². The Morgan fingerprint density at radius 3 is 2.91 bits per heavy atom. The zero-order valence-corrected chi connectivity index (χ0v) is 14.1. The number of pyridine rings is 1. The summed E-state index contributed by atoms with van der Waals surface area (Å²) in [5.74, 6) is 0.939. The SMILES string of the molecule is Cc1ccc(/C=C\C(=O)NCc2ccnc(N3CCCC3)c2)s1. The number of carbonyl (C=O) groups excluding carboxylic acids is 1. The maximum absolute atomic E-state index is 11.9. The summed E-state index contributed by atoms with van der Waals surface area (Å²) >= 11 is 1.68. The largest absolute Gasteiger partial charge is 0.357 e. The maximum Gasteiger partial charge on any atom is 0.244 e. The topological polar surface area (TPSA) is 45.2 Å². The fourth-order valence-electron chi connectivity index (χ4n) is 2.64. The molecular formula is C18H21N3OS. The lowest BCUT2D eigenvalue weighted by atomic mass is 10.2. The lowest BCUT2D eigenvalue weighted by Gasteiger charge is -2.16. The van der Waals surface area contributed by atoms with Crippen LogP contribution in [0.5, 0.6) is 0 Å². The summed E-state index contributed by atoms with van der Waals surface area (Å²) in [5.41, 5.74) is 1.08. The van der Waals surface area contributed by atoms with E-state index in [0.717, 1.165) is 29.3 Å². The number of aromatic nitrogens is 1. The molecule has 0 atom stereocenters. The zero-order chi connectivity index (χ0) is 16.1. The highest BCUT2D eigenvalue weighted by atomic mass is 32.1. The number of aryl methyl sites for hydroxylation is 1. The molecule has 0 aromatic carbocycles. The van der Waals surface area contributed by atoms with Gasteiger partial charge in [-0.1, -0.05) is 0 Å². The first-order valence-electron chi connectivity index (χ1n) is 7.93. The van der Waals surface area contributed by atoms with E-state index < -0.39 is 0 Å².